The van der Waals surface area contributed by atoms with Crippen LogP contribution in [0.3, 0.4) is 0 Å². The molecule has 2 nitrogen and oxygen atoms in total. The number of rotatable bonds is 4. The van der Waals surface area contributed by atoms with E-state index in [4.69, 9.17) is 4.74 Å². The first-order valence-corrected chi connectivity index (χ1v) is 8.75. The summed E-state index contributed by atoms with van der Waals surface area (Å²) in [6, 6.07) is 19.5. The smallest absolute Gasteiger partial charge is 0.337 e. The van der Waals surface area contributed by atoms with Gasteiger partial charge < -0.3 is 4.74 Å². The summed E-state index contributed by atoms with van der Waals surface area (Å²) in [4.78, 5) is 14.3. The zero-order valence-electron chi connectivity index (χ0n) is 13.4. The average Bonchev–Trinajstić information content (AvgIpc) is 2.65. The Morgan fingerprint density at radius 2 is 1.08 bits per heavy atom. The predicted octanol–water partition coefficient (Wildman–Crippen LogP) is 4.85. The molecular formula is C20H15F2O2S+. The molecule has 3 aromatic carbocycles. The highest BCUT2D eigenvalue weighted by Crippen LogP contribution is 2.31. The van der Waals surface area contributed by atoms with Crippen molar-refractivity contribution in [1.82, 2.24) is 0 Å². The molecule has 0 aliphatic heterocycles. The molecule has 0 saturated carbocycles. The molecule has 0 aliphatic rings. The maximum Gasteiger partial charge on any atom is 0.337 e. The number of hydrogen-bond acceptors (Lipinski definition) is 2. The molecule has 3 aromatic rings. The fourth-order valence-electron chi connectivity index (χ4n) is 2.39. The standard InChI is InChI=1S/C20H15F2O2S/c1-24-20(23)14-2-8-17(9-3-14)25(18-10-4-15(21)5-11-18)19-12-6-16(22)7-13-19/h2-13H,1H3/q+1. The Morgan fingerprint density at radius 3 is 1.44 bits per heavy atom. The van der Waals surface area contributed by atoms with Gasteiger partial charge in [-0.05, 0) is 72.8 Å². The van der Waals surface area contributed by atoms with Crippen molar-refractivity contribution in [1.29, 1.82) is 0 Å². The fraction of sp³-hybridized carbons (Fsp3) is 0.0500. The van der Waals surface area contributed by atoms with E-state index in [1.54, 1.807) is 36.4 Å². The zero-order valence-corrected chi connectivity index (χ0v) is 14.2. The van der Waals surface area contributed by atoms with Crippen LogP contribution in [0.2, 0.25) is 0 Å². The van der Waals surface area contributed by atoms with E-state index in [0.29, 0.717) is 5.56 Å². The molecule has 0 atom stereocenters. The van der Waals surface area contributed by atoms with E-state index in [9.17, 15) is 13.6 Å². The van der Waals surface area contributed by atoms with Gasteiger partial charge in [-0.15, -0.1) is 0 Å². The molecule has 0 amide bonds. The van der Waals surface area contributed by atoms with Crippen LogP contribution >= 0.6 is 0 Å². The number of carbonyl (C=O) groups is 1. The average molecular weight is 357 g/mol. The molecule has 5 heteroatoms. The van der Waals surface area contributed by atoms with Gasteiger partial charge in [-0.3, -0.25) is 0 Å². The van der Waals surface area contributed by atoms with E-state index in [1.807, 2.05) is 12.1 Å². The molecule has 0 radical (unpaired) electrons. The van der Waals surface area contributed by atoms with Gasteiger partial charge in [0.15, 0.2) is 14.7 Å². The summed E-state index contributed by atoms with van der Waals surface area (Å²) in [7, 11) is 0.791. The predicted molar refractivity (Wildman–Crippen MR) is 92.7 cm³/mol. The van der Waals surface area contributed by atoms with Crippen LogP contribution in [0.25, 0.3) is 0 Å². The molecule has 0 aliphatic carbocycles. The number of halogens is 2. The summed E-state index contributed by atoms with van der Waals surface area (Å²) in [6.07, 6.45) is 0. The van der Waals surface area contributed by atoms with Crippen LogP contribution in [0.4, 0.5) is 8.78 Å². The Labute approximate surface area is 147 Å². The molecule has 0 aromatic heterocycles. The molecule has 0 N–H and O–H groups in total. The minimum Gasteiger partial charge on any atom is -0.465 e. The van der Waals surface area contributed by atoms with Gasteiger partial charge in [-0.25, -0.2) is 13.6 Å². The first kappa shape index (κ1) is 17.2. The first-order valence-electron chi connectivity index (χ1n) is 7.52. The van der Waals surface area contributed by atoms with E-state index in [-0.39, 0.29) is 11.6 Å². The number of hydrogen-bond donors (Lipinski definition) is 0. The summed E-state index contributed by atoms with van der Waals surface area (Å²) < 4.78 is 31.3. The van der Waals surface area contributed by atoms with Crippen LogP contribution in [0.5, 0.6) is 0 Å². The second-order valence-corrected chi connectivity index (χ2v) is 7.26. The summed E-state index contributed by atoms with van der Waals surface area (Å²) in [5.41, 5.74) is 0.452. The first-order chi connectivity index (χ1) is 12.1. The number of methoxy groups -OCH3 is 1. The van der Waals surface area contributed by atoms with Crippen molar-refractivity contribution >= 4 is 16.9 Å². The number of benzene rings is 3. The van der Waals surface area contributed by atoms with Gasteiger partial charge in [0, 0.05) is 0 Å². The van der Waals surface area contributed by atoms with E-state index >= 15 is 0 Å². The molecular weight excluding hydrogens is 342 g/mol. The monoisotopic (exact) mass is 357 g/mol. The van der Waals surface area contributed by atoms with Gasteiger partial charge >= 0.3 is 5.97 Å². The third-order valence-corrected chi connectivity index (χ3v) is 5.84. The molecule has 126 valence electrons. The van der Waals surface area contributed by atoms with E-state index in [1.165, 1.54) is 31.4 Å². The molecule has 3 rings (SSSR count). The number of esters is 1. The van der Waals surface area contributed by atoms with Crippen molar-refractivity contribution in [3.63, 3.8) is 0 Å². The van der Waals surface area contributed by atoms with Crippen molar-refractivity contribution in [2.75, 3.05) is 7.11 Å². The highest BCUT2D eigenvalue weighted by Gasteiger charge is 2.29. The molecule has 0 bridgehead atoms. The lowest BCUT2D eigenvalue weighted by molar-refractivity contribution is 0.0600. The van der Waals surface area contributed by atoms with Crippen LogP contribution in [-0.2, 0) is 15.6 Å². The lowest BCUT2D eigenvalue weighted by Gasteiger charge is -2.08. The van der Waals surface area contributed by atoms with Gasteiger partial charge in [0.25, 0.3) is 0 Å². The van der Waals surface area contributed by atoms with Crippen LogP contribution in [0.1, 0.15) is 10.4 Å². The van der Waals surface area contributed by atoms with E-state index < -0.39 is 16.9 Å². The van der Waals surface area contributed by atoms with Gasteiger partial charge in [0.2, 0.25) is 0 Å². The van der Waals surface area contributed by atoms with E-state index in [0.717, 1.165) is 14.7 Å². The van der Waals surface area contributed by atoms with Gasteiger partial charge in [0.05, 0.1) is 23.6 Å². The Bertz CT molecular complexity index is 814. The van der Waals surface area contributed by atoms with Crippen LogP contribution < -0.4 is 0 Å². The van der Waals surface area contributed by atoms with Gasteiger partial charge in [-0.2, -0.15) is 0 Å². The molecule has 25 heavy (non-hydrogen) atoms. The van der Waals surface area contributed by atoms with Crippen molar-refractivity contribution in [3.05, 3.63) is 90.0 Å². The maximum atomic E-state index is 13.3. The largest absolute Gasteiger partial charge is 0.465 e. The Kier molecular flexibility index (Phi) is 5.14. The van der Waals surface area contributed by atoms with Crippen molar-refractivity contribution < 1.29 is 18.3 Å². The van der Waals surface area contributed by atoms with Crippen molar-refractivity contribution in [3.8, 4) is 0 Å². The zero-order chi connectivity index (χ0) is 17.8. The molecule has 0 fully saturated rings. The van der Waals surface area contributed by atoms with Crippen LogP contribution in [0.15, 0.2) is 87.5 Å². The third kappa shape index (κ3) is 3.88. The number of carbonyl (C=O) groups excluding carboxylic acids is 1. The Balaban J connectivity index is 2.05. The molecule has 0 heterocycles. The highest BCUT2D eigenvalue weighted by atomic mass is 32.2. The highest BCUT2D eigenvalue weighted by molar-refractivity contribution is 7.97. The minimum absolute atomic E-state index is 0.313. The minimum atomic E-state index is -0.540. The molecule has 0 saturated heterocycles. The summed E-state index contributed by atoms with van der Waals surface area (Å²) in [6.45, 7) is 0. The fourth-order valence-corrected chi connectivity index (χ4v) is 4.44. The normalized spacial score (nSPS) is 10.7. The lowest BCUT2D eigenvalue weighted by atomic mass is 10.2. The lowest BCUT2D eigenvalue weighted by Crippen LogP contribution is -2.06. The van der Waals surface area contributed by atoms with Crippen LogP contribution in [-0.4, -0.2) is 13.1 Å². The summed E-state index contributed by atoms with van der Waals surface area (Å²) in [5, 5.41) is 0. The second kappa shape index (κ2) is 7.49. The second-order valence-electron chi connectivity index (χ2n) is 5.23. The Hall–Kier alpha value is -2.66. The maximum absolute atomic E-state index is 13.3. The van der Waals surface area contributed by atoms with Gasteiger partial charge in [0.1, 0.15) is 11.6 Å². The summed E-state index contributed by atoms with van der Waals surface area (Å²) >= 11 is 0. The van der Waals surface area contributed by atoms with Crippen molar-refractivity contribution in [2.45, 2.75) is 14.7 Å². The Morgan fingerprint density at radius 1 is 0.720 bits per heavy atom. The third-order valence-electron chi connectivity index (χ3n) is 3.61. The molecule has 0 spiro atoms. The quantitative estimate of drug-likeness (QED) is 0.493. The van der Waals surface area contributed by atoms with Crippen molar-refractivity contribution in [2.24, 2.45) is 0 Å². The van der Waals surface area contributed by atoms with Gasteiger partial charge in [-0.1, -0.05) is 0 Å². The SMILES string of the molecule is COC(=O)c1ccc([S+](c2ccc(F)cc2)c2ccc(F)cc2)cc1. The topological polar surface area (TPSA) is 26.3 Å². The van der Waals surface area contributed by atoms with E-state index in [2.05, 4.69) is 0 Å². The summed E-state index contributed by atoms with van der Waals surface area (Å²) in [5.74, 6) is -1.03. The number of ether oxygens (including phenoxy) is 1. The van der Waals surface area contributed by atoms with Crippen LogP contribution in [0, 0.1) is 11.6 Å². The molecule has 0 unspecified atom stereocenters.